The minimum absolute atomic E-state index is 0.208. The zero-order valence-corrected chi connectivity index (χ0v) is 11.2. The van der Waals surface area contributed by atoms with Crippen LogP contribution in [0.3, 0.4) is 0 Å². The maximum absolute atomic E-state index is 11.4. The molecule has 0 amide bonds. The van der Waals surface area contributed by atoms with E-state index in [0.717, 1.165) is 5.92 Å². The number of hydrogen-bond donors (Lipinski definition) is 1. The van der Waals surface area contributed by atoms with E-state index in [-0.39, 0.29) is 11.0 Å². The summed E-state index contributed by atoms with van der Waals surface area (Å²) >= 11 is 0. The average molecular weight is 222 g/mol. The quantitative estimate of drug-likeness (QED) is 0.664. The molecule has 5 atom stereocenters. The third kappa shape index (κ3) is 1.02. The Morgan fingerprint density at radius 3 is 2.44 bits per heavy atom. The van der Waals surface area contributed by atoms with Crippen molar-refractivity contribution in [2.45, 2.75) is 65.4 Å². The Morgan fingerprint density at radius 1 is 1.06 bits per heavy atom. The topological polar surface area (TPSA) is 20.2 Å². The average Bonchev–Trinajstić information content (AvgIpc) is 2.75. The summed E-state index contributed by atoms with van der Waals surface area (Å²) in [4.78, 5) is 0. The summed E-state index contributed by atoms with van der Waals surface area (Å²) in [6.07, 6.45) is 6.39. The second kappa shape index (κ2) is 2.85. The smallest absolute Gasteiger partial charge is 0.0762 e. The largest absolute Gasteiger partial charge is 0.389 e. The Bertz CT molecular complexity index is 321. The second-order valence-electron chi connectivity index (χ2n) is 7.62. The number of aliphatic hydroxyl groups is 1. The van der Waals surface area contributed by atoms with Gasteiger partial charge in [0, 0.05) is 0 Å². The summed E-state index contributed by atoms with van der Waals surface area (Å²) in [5, 5.41) is 11.4. The van der Waals surface area contributed by atoms with Gasteiger partial charge in [-0.05, 0) is 54.3 Å². The molecule has 0 radical (unpaired) electrons. The molecule has 0 aromatic heterocycles. The van der Waals surface area contributed by atoms with Crippen LogP contribution in [0.25, 0.3) is 0 Å². The van der Waals surface area contributed by atoms with Crippen molar-refractivity contribution in [3.63, 3.8) is 0 Å². The van der Waals surface area contributed by atoms with Crippen LogP contribution in [0.15, 0.2) is 0 Å². The summed E-state index contributed by atoms with van der Waals surface area (Å²) in [6.45, 7) is 9.38. The van der Waals surface area contributed by atoms with E-state index in [1.165, 1.54) is 32.1 Å². The molecule has 3 saturated carbocycles. The van der Waals surface area contributed by atoms with Crippen LogP contribution in [0, 0.1) is 28.6 Å². The standard InChI is InChI=1S/C15H26O/c1-10-6-5-8-14(4)9-7-11-12(13(11,2)3)15(10,14)16/h10-12,16H,5-9H2,1-4H3/t10-,11-,12+,14+,15-/m0/s1. The first-order chi connectivity index (χ1) is 7.34. The molecule has 0 spiro atoms. The Morgan fingerprint density at radius 2 is 1.75 bits per heavy atom. The van der Waals surface area contributed by atoms with Gasteiger partial charge in [-0.15, -0.1) is 0 Å². The molecule has 3 fully saturated rings. The highest BCUT2D eigenvalue weighted by atomic mass is 16.3. The molecular formula is C15H26O. The second-order valence-corrected chi connectivity index (χ2v) is 7.62. The predicted octanol–water partition coefficient (Wildman–Crippen LogP) is 3.61. The molecule has 16 heavy (non-hydrogen) atoms. The Labute approximate surface area is 99.6 Å². The minimum Gasteiger partial charge on any atom is -0.389 e. The SMILES string of the molecule is C[C@H]1CCC[C@]2(C)CC[C@H]3[C@H](C3(C)C)[C@@]12O. The molecule has 0 heterocycles. The molecule has 0 unspecified atom stereocenters. The van der Waals surface area contributed by atoms with E-state index in [9.17, 15) is 5.11 Å². The summed E-state index contributed by atoms with van der Waals surface area (Å²) in [7, 11) is 0. The van der Waals surface area contributed by atoms with E-state index in [4.69, 9.17) is 0 Å². The first kappa shape index (κ1) is 11.1. The Hall–Kier alpha value is -0.0400. The van der Waals surface area contributed by atoms with Gasteiger partial charge in [-0.1, -0.05) is 34.1 Å². The summed E-state index contributed by atoms with van der Waals surface area (Å²) in [5.74, 6) is 1.88. The van der Waals surface area contributed by atoms with Gasteiger partial charge in [0.2, 0.25) is 0 Å². The van der Waals surface area contributed by atoms with Crippen molar-refractivity contribution in [2.24, 2.45) is 28.6 Å². The zero-order valence-electron chi connectivity index (χ0n) is 11.2. The summed E-state index contributed by atoms with van der Waals surface area (Å²) < 4.78 is 0. The van der Waals surface area contributed by atoms with Crippen LogP contribution in [0.1, 0.15) is 59.8 Å². The van der Waals surface area contributed by atoms with E-state index in [1.807, 2.05) is 0 Å². The predicted molar refractivity (Wildman–Crippen MR) is 66.1 cm³/mol. The zero-order chi connectivity index (χ0) is 11.8. The molecule has 3 aliphatic rings. The van der Waals surface area contributed by atoms with Crippen LogP contribution >= 0.6 is 0 Å². The van der Waals surface area contributed by atoms with Crippen molar-refractivity contribution in [1.82, 2.24) is 0 Å². The molecule has 0 bridgehead atoms. The van der Waals surface area contributed by atoms with Crippen molar-refractivity contribution < 1.29 is 5.11 Å². The van der Waals surface area contributed by atoms with Crippen molar-refractivity contribution in [1.29, 1.82) is 0 Å². The molecule has 0 aromatic rings. The normalized spacial score (nSPS) is 58.7. The molecule has 1 nitrogen and oxygen atoms in total. The van der Waals surface area contributed by atoms with E-state index >= 15 is 0 Å². The summed E-state index contributed by atoms with van der Waals surface area (Å²) in [6, 6.07) is 0. The van der Waals surface area contributed by atoms with Crippen LogP contribution in [0.5, 0.6) is 0 Å². The number of hydrogen-bond acceptors (Lipinski definition) is 1. The lowest BCUT2D eigenvalue weighted by molar-refractivity contribution is -0.178. The Balaban J connectivity index is 2.03. The van der Waals surface area contributed by atoms with Crippen molar-refractivity contribution in [3.8, 4) is 0 Å². The molecule has 1 N–H and O–H groups in total. The molecule has 3 rings (SSSR count). The highest BCUT2D eigenvalue weighted by molar-refractivity contribution is 5.23. The fraction of sp³-hybridized carbons (Fsp3) is 1.00. The van der Waals surface area contributed by atoms with Gasteiger partial charge in [-0.25, -0.2) is 0 Å². The van der Waals surface area contributed by atoms with Gasteiger partial charge in [-0.3, -0.25) is 0 Å². The van der Waals surface area contributed by atoms with Gasteiger partial charge in [0.15, 0.2) is 0 Å². The summed E-state index contributed by atoms with van der Waals surface area (Å²) in [5.41, 5.74) is 0.245. The van der Waals surface area contributed by atoms with Gasteiger partial charge in [0.05, 0.1) is 5.60 Å². The van der Waals surface area contributed by atoms with Gasteiger partial charge >= 0.3 is 0 Å². The van der Waals surface area contributed by atoms with Crippen LogP contribution in [0.4, 0.5) is 0 Å². The van der Waals surface area contributed by atoms with Gasteiger partial charge in [0.1, 0.15) is 0 Å². The fourth-order valence-electron chi connectivity index (χ4n) is 5.45. The van der Waals surface area contributed by atoms with Crippen molar-refractivity contribution >= 4 is 0 Å². The van der Waals surface area contributed by atoms with E-state index in [2.05, 4.69) is 27.7 Å². The van der Waals surface area contributed by atoms with Crippen LogP contribution in [0.2, 0.25) is 0 Å². The van der Waals surface area contributed by atoms with Crippen molar-refractivity contribution in [3.05, 3.63) is 0 Å². The number of rotatable bonds is 0. The van der Waals surface area contributed by atoms with E-state index in [0.29, 0.717) is 17.3 Å². The highest BCUT2D eigenvalue weighted by Crippen LogP contribution is 2.75. The van der Waals surface area contributed by atoms with E-state index in [1.54, 1.807) is 0 Å². The lowest BCUT2D eigenvalue weighted by atomic mass is 9.53. The molecule has 0 aliphatic heterocycles. The van der Waals surface area contributed by atoms with Crippen LogP contribution in [-0.2, 0) is 0 Å². The van der Waals surface area contributed by atoms with Gasteiger partial charge in [0.25, 0.3) is 0 Å². The first-order valence-corrected chi connectivity index (χ1v) is 7.06. The highest BCUT2D eigenvalue weighted by Gasteiger charge is 2.74. The van der Waals surface area contributed by atoms with Crippen LogP contribution in [-0.4, -0.2) is 10.7 Å². The minimum atomic E-state index is -0.363. The Kier molecular flexibility index (Phi) is 1.98. The maximum Gasteiger partial charge on any atom is 0.0762 e. The third-order valence-corrected chi connectivity index (χ3v) is 6.62. The van der Waals surface area contributed by atoms with Gasteiger partial charge < -0.3 is 5.11 Å². The maximum atomic E-state index is 11.4. The van der Waals surface area contributed by atoms with Gasteiger partial charge in [-0.2, -0.15) is 0 Å². The number of fused-ring (bicyclic) bond motifs is 3. The molecule has 0 aromatic carbocycles. The molecule has 1 heteroatoms. The lowest BCUT2D eigenvalue weighted by Crippen LogP contribution is -2.58. The van der Waals surface area contributed by atoms with Crippen LogP contribution < -0.4 is 0 Å². The van der Waals surface area contributed by atoms with Crippen molar-refractivity contribution in [2.75, 3.05) is 0 Å². The molecular weight excluding hydrogens is 196 g/mol. The molecule has 0 saturated heterocycles. The van der Waals surface area contributed by atoms with E-state index < -0.39 is 0 Å². The monoisotopic (exact) mass is 222 g/mol. The third-order valence-electron chi connectivity index (χ3n) is 6.62. The first-order valence-electron chi connectivity index (χ1n) is 7.06. The molecule has 3 aliphatic carbocycles. The lowest BCUT2D eigenvalue weighted by Gasteiger charge is -2.55. The fourth-order valence-corrected chi connectivity index (χ4v) is 5.45. The molecule has 92 valence electrons.